The second-order valence-corrected chi connectivity index (χ2v) is 4.58. The van der Waals surface area contributed by atoms with Crippen molar-refractivity contribution in [2.75, 3.05) is 19.8 Å². The van der Waals surface area contributed by atoms with Crippen LogP contribution >= 0.6 is 0 Å². The Balaban J connectivity index is 2.63. The summed E-state index contributed by atoms with van der Waals surface area (Å²) in [6, 6.07) is 0.222. The van der Waals surface area contributed by atoms with E-state index in [9.17, 15) is 4.79 Å². The van der Waals surface area contributed by atoms with Gasteiger partial charge in [0.25, 0.3) is 5.91 Å². The summed E-state index contributed by atoms with van der Waals surface area (Å²) in [7, 11) is 0. The van der Waals surface area contributed by atoms with Crippen LogP contribution in [-0.4, -0.2) is 47.8 Å². The Labute approximate surface area is 104 Å². The summed E-state index contributed by atoms with van der Waals surface area (Å²) in [5.41, 5.74) is 0. The summed E-state index contributed by atoms with van der Waals surface area (Å²) in [5, 5.41) is 9.09. The molecular formula is C13H25NO3. The number of ether oxygens (including phenoxy) is 1. The number of rotatable bonds is 6. The van der Waals surface area contributed by atoms with Crippen molar-refractivity contribution in [2.24, 2.45) is 0 Å². The quantitative estimate of drug-likeness (QED) is 0.770. The molecule has 4 nitrogen and oxygen atoms in total. The molecule has 0 radical (unpaired) electrons. The van der Waals surface area contributed by atoms with Gasteiger partial charge in [0.15, 0.2) is 0 Å². The van der Waals surface area contributed by atoms with Gasteiger partial charge in [-0.25, -0.2) is 0 Å². The van der Waals surface area contributed by atoms with Gasteiger partial charge in [-0.1, -0.05) is 13.8 Å². The summed E-state index contributed by atoms with van der Waals surface area (Å²) in [5.74, 6) is 0.0625. The number of carbonyl (C=O) groups is 1. The zero-order valence-corrected chi connectivity index (χ0v) is 11.0. The minimum atomic E-state index is -0.282. The van der Waals surface area contributed by atoms with Gasteiger partial charge in [0.05, 0.1) is 6.61 Å². The lowest BCUT2D eigenvalue weighted by Crippen LogP contribution is -2.48. The molecule has 0 aliphatic carbocycles. The second-order valence-electron chi connectivity index (χ2n) is 4.58. The fourth-order valence-corrected chi connectivity index (χ4v) is 2.43. The topological polar surface area (TPSA) is 49.8 Å². The van der Waals surface area contributed by atoms with Crippen LogP contribution < -0.4 is 0 Å². The van der Waals surface area contributed by atoms with Crippen LogP contribution in [0.5, 0.6) is 0 Å². The SMILES string of the molecule is CCC(CC)N(CCO)C(=O)C1CCCCO1. The van der Waals surface area contributed by atoms with Gasteiger partial charge in [0.2, 0.25) is 0 Å². The predicted octanol–water partition coefficient (Wildman–Crippen LogP) is 1.56. The van der Waals surface area contributed by atoms with Gasteiger partial charge in [0, 0.05) is 19.2 Å². The van der Waals surface area contributed by atoms with Crippen LogP contribution in [0.3, 0.4) is 0 Å². The molecular weight excluding hydrogens is 218 g/mol. The van der Waals surface area contributed by atoms with Crippen LogP contribution in [0, 0.1) is 0 Å². The molecule has 1 amide bonds. The monoisotopic (exact) mass is 243 g/mol. The first-order chi connectivity index (χ1) is 8.24. The molecule has 100 valence electrons. The molecule has 0 bridgehead atoms. The Morgan fingerprint density at radius 3 is 2.59 bits per heavy atom. The van der Waals surface area contributed by atoms with Crippen molar-refractivity contribution in [1.82, 2.24) is 4.90 Å². The third-order valence-electron chi connectivity index (χ3n) is 3.46. The molecule has 17 heavy (non-hydrogen) atoms. The van der Waals surface area contributed by atoms with Gasteiger partial charge in [-0.15, -0.1) is 0 Å². The Morgan fingerprint density at radius 2 is 2.12 bits per heavy atom. The molecule has 1 saturated heterocycles. The van der Waals surface area contributed by atoms with Gasteiger partial charge in [-0.05, 0) is 32.1 Å². The summed E-state index contributed by atoms with van der Waals surface area (Å²) >= 11 is 0. The molecule has 0 aromatic heterocycles. The lowest BCUT2D eigenvalue weighted by molar-refractivity contribution is -0.149. The molecule has 1 aliphatic rings. The predicted molar refractivity (Wildman–Crippen MR) is 66.8 cm³/mol. The Kier molecular flexibility index (Phi) is 6.52. The lowest BCUT2D eigenvalue weighted by Gasteiger charge is -2.34. The first kappa shape index (κ1) is 14.5. The van der Waals surface area contributed by atoms with Crippen LogP contribution in [0.15, 0.2) is 0 Å². The first-order valence-corrected chi connectivity index (χ1v) is 6.77. The zero-order valence-electron chi connectivity index (χ0n) is 11.0. The largest absolute Gasteiger partial charge is 0.395 e. The van der Waals surface area contributed by atoms with E-state index in [4.69, 9.17) is 9.84 Å². The van der Waals surface area contributed by atoms with Crippen LogP contribution in [0.1, 0.15) is 46.0 Å². The third kappa shape index (κ3) is 3.96. The van der Waals surface area contributed by atoms with Gasteiger partial charge in [-0.2, -0.15) is 0 Å². The van der Waals surface area contributed by atoms with E-state index in [-0.39, 0.29) is 24.7 Å². The molecule has 4 heteroatoms. The number of aliphatic hydroxyl groups excluding tert-OH is 1. The summed E-state index contributed by atoms with van der Waals surface area (Å²) in [6.45, 7) is 5.29. The molecule has 0 saturated carbocycles. The van der Waals surface area contributed by atoms with Gasteiger partial charge >= 0.3 is 0 Å². The fourth-order valence-electron chi connectivity index (χ4n) is 2.43. The number of nitrogens with zero attached hydrogens (tertiary/aromatic N) is 1. The summed E-state index contributed by atoms with van der Waals surface area (Å²) < 4.78 is 5.53. The standard InChI is InChI=1S/C13H25NO3/c1-3-11(4-2)14(8-9-15)13(16)12-7-5-6-10-17-12/h11-12,15H,3-10H2,1-2H3. The van der Waals surface area contributed by atoms with Crippen molar-refractivity contribution in [1.29, 1.82) is 0 Å². The minimum Gasteiger partial charge on any atom is -0.395 e. The zero-order chi connectivity index (χ0) is 12.7. The number of amides is 1. The molecule has 0 spiro atoms. The lowest BCUT2D eigenvalue weighted by atomic mass is 10.0. The molecule has 1 rings (SSSR count). The number of carbonyl (C=O) groups excluding carboxylic acids is 1. The van der Waals surface area contributed by atoms with Crippen LogP contribution in [0.4, 0.5) is 0 Å². The highest BCUT2D eigenvalue weighted by Crippen LogP contribution is 2.18. The highest BCUT2D eigenvalue weighted by Gasteiger charge is 2.29. The Hall–Kier alpha value is -0.610. The fraction of sp³-hybridized carbons (Fsp3) is 0.923. The van der Waals surface area contributed by atoms with Crippen LogP contribution in [-0.2, 0) is 9.53 Å². The average Bonchev–Trinajstić information content (AvgIpc) is 2.39. The summed E-state index contributed by atoms with van der Waals surface area (Å²) in [6.07, 6.45) is 4.50. The van der Waals surface area contributed by atoms with E-state index in [0.29, 0.717) is 13.2 Å². The van der Waals surface area contributed by atoms with Crippen molar-refractivity contribution in [3.63, 3.8) is 0 Å². The highest BCUT2D eigenvalue weighted by atomic mass is 16.5. The molecule has 0 aromatic rings. The number of aliphatic hydroxyl groups is 1. The smallest absolute Gasteiger partial charge is 0.252 e. The number of hydrogen-bond donors (Lipinski definition) is 1. The van der Waals surface area contributed by atoms with Crippen molar-refractivity contribution < 1.29 is 14.6 Å². The van der Waals surface area contributed by atoms with Crippen LogP contribution in [0.25, 0.3) is 0 Å². The Bertz CT molecular complexity index is 223. The van der Waals surface area contributed by atoms with Crippen LogP contribution in [0.2, 0.25) is 0 Å². The van der Waals surface area contributed by atoms with E-state index in [1.54, 1.807) is 4.90 Å². The van der Waals surface area contributed by atoms with E-state index in [1.807, 2.05) is 0 Å². The average molecular weight is 243 g/mol. The highest BCUT2D eigenvalue weighted by molar-refractivity contribution is 5.81. The van der Waals surface area contributed by atoms with Gasteiger partial charge < -0.3 is 14.7 Å². The maximum atomic E-state index is 12.3. The minimum absolute atomic E-state index is 0.0228. The maximum absolute atomic E-state index is 12.3. The van der Waals surface area contributed by atoms with E-state index in [1.165, 1.54) is 0 Å². The third-order valence-corrected chi connectivity index (χ3v) is 3.46. The molecule has 1 heterocycles. The van der Waals surface area contributed by atoms with Crippen molar-refractivity contribution in [3.8, 4) is 0 Å². The normalized spacial score (nSPS) is 20.6. The number of hydrogen-bond acceptors (Lipinski definition) is 3. The molecule has 1 N–H and O–H groups in total. The first-order valence-electron chi connectivity index (χ1n) is 6.77. The van der Waals surface area contributed by atoms with Crippen molar-refractivity contribution >= 4 is 5.91 Å². The van der Waals surface area contributed by atoms with E-state index >= 15 is 0 Å². The molecule has 0 aromatic carbocycles. The molecule has 1 aliphatic heterocycles. The summed E-state index contributed by atoms with van der Waals surface area (Å²) in [4.78, 5) is 14.1. The van der Waals surface area contributed by atoms with Gasteiger partial charge in [0.1, 0.15) is 6.10 Å². The Morgan fingerprint density at radius 1 is 1.41 bits per heavy atom. The second kappa shape index (κ2) is 7.67. The van der Waals surface area contributed by atoms with Crippen molar-refractivity contribution in [3.05, 3.63) is 0 Å². The molecule has 1 atom stereocenters. The van der Waals surface area contributed by atoms with E-state index in [2.05, 4.69) is 13.8 Å². The molecule has 1 unspecified atom stereocenters. The maximum Gasteiger partial charge on any atom is 0.252 e. The van der Waals surface area contributed by atoms with E-state index < -0.39 is 0 Å². The van der Waals surface area contributed by atoms with Crippen molar-refractivity contribution in [2.45, 2.75) is 58.1 Å². The molecule has 1 fully saturated rings. The van der Waals surface area contributed by atoms with E-state index in [0.717, 1.165) is 32.1 Å². The van der Waals surface area contributed by atoms with Gasteiger partial charge in [-0.3, -0.25) is 4.79 Å².